The number of anilines is 1. The SMILES string of the molecule is FC(F)(F)c1nc2ncnc(NC3CCCc4ccccc43)c2[nH]1. The highest BCUT2D eigenvalue weighted by Crippen LogP contribution is 2.34. The van der Waals surface area contributed by atoms with E-state index in [9.17, 15) is 13.2 Å². The molecule has 8 heteroatoms. The third-order valence-electron chi connectivity index (χ3n) is 4.24. The predicted octanol–water partition coefficient (Wildman–Crippen LogP) is 3.86. The molecule has 2 aromatic heterocycles. The van der Waals surface area contributed by atoms with Crippen LogP contribution in [0.5, 0.6) is 0 Å². The fraction of sp³-hybridized carbons (Fsp3) is 0.312. The van der Waals surface area contributed by atoms with Gasteiger partial charge in [0.2, 0.25) is 5.82 Å². The molecule has 24 heavy (non-hydrogen) atoms. The van der Waals surface area contributed by atoms with Crippen molar-refractivity contribution in [2.24, 2.45) is 0 Å². The number of H-pyrrole nitrogens is 1. The summed E-state index contributed by atoms with van der Waals surface area (Å²) in [6.07, 6.45) is -0.409. The Bertz CT molecular complexity index is 887. The summed E-state index contributed by atoms with van der Waals surface area (Å²) in [5, 5.41) is 3.26. The van der Waals surface area contributed by atoms with Crippen LogP contribution in [-0.4, -0.2) is 19.9 Å². The minimum atomic E-state index is -4.55. The van der Waals surface area contributed by atoms with Gasteiger partial charge in [0.15, 0.2) is 11.5 Å². The maximum Gasteiger partial charge on any atom is 0.449 e. The van der Waals surface area contributed by atoms with E-state index < -0.39 is 12.0 Å². The van der Waals surface area contributed by atoms with Crippen molar-refractivity contribution in [3.05, 3.63) is 47.5 Å². The minimum absolute atomic E-state index is 0.00363. The number of nitrogens with one attached hydrogen (secondary N) is 2. The number of alkyl halides is 3. The van der Waals surface area contributed by atoms with Gasteiger partial charge in [0.05, 0.1) is 6.04 Å². The van der Waals surface area contributed by atoms with Crippen molar-refractivity contribution >= 4 is 17.0 Å². The summed E-state index contributed by atoms with van der Waals surface area (Å²) in [5.41, 5.74) is 2.59. The van der Waals surface area contributed by atoms with Crippen LogP contribution < -0.4 is 5.32 Å². The lowest BCUT2D eigenvalue weighted by Crippen LogP contribution is -2.18. The lowest BCUT2D eigenvalue weighted by molar-refractivity contribution is -0.144. The number of halogens is 3. The smallest absolute Gasteiger partial charge is 0.361 e. The normalized spacial score (nSPS) is 17.7. The van der Waals surface area contributed by atoms with E-state index in [1.165, 1.54) is 11.9 Å². The molecule has 0 spiro atoms. The molecule has 0 saturated carbocycles. The molecule has 2 heterocycles. The van der Waals surface area contributed by atoms with Crippen LogP contribution in [0, 0.1) is 0 Å². The molecule has 1 atom stereocenters. The number of imidazole rings is 1. The van der Waals surface area contributed by atoms with Crippen LogP contribution in [0.25, 0.3) is 11.2 Å². The first kappa shape index (κ1) is 14.9. The molecule has 0 radical (unpaired) electrons. The van der Waals surface area contributed by atoms with E-state index >= 15 is 0 Å². The number of fused-ring (bicyclic) bond motifs is 2. The Morgan fingerprint density at radius 3 is 2.83 bits per heavy atom. The number of hydrogen-bond donors (Lipinski definition) is 2. The summed E-state index contributed by atoms with van der Waals surface area (Å²) < 4.78 is 38.6. The van der Waals surface area contributed by atoms with E-state index in [4.69, 9.17) is 0 Å². The van der Waals surface area contributed by atoms with E-state index in [1.807, 2.05) is 18.2 Å². The first-order chi connectivity index (χ1) is 11.5. The zero-order chi connectivity index (χ0) is 16.7. The molecule has 0 amide bonds. The van der Waals surface area contributed by atoms with Gasteiger partial charge in [0, 0.05) is 0 Å². The van der Waals surface area contributed by atoms with Gasteiger partial charge >= 0.3 is 6.18 Å². The molecule has 1 aliphatic rings. The number of nitrogens with zero attached hydrogens (tertiary/aromatic N) is 3. The Labute approximate surface area is 135 Å². The Kier molecular flexibility index (Phi) is 3.40. The quantitative estimate of drug-likeness (QED) is 0.747. The average Bonchev–Trinajstić information content (AvgIpc) is 3.01. The van der Waals surface area contributed by atoms with Crippen LogP contribution in [0.15, 0.2) is 30.6 Å². The second kappa shape index (κ2) is 5.47. The molecular weight excluding hydrogens is 319 g/mol. The second-order valence-corrected chi connectivity index (χ2v) is 5.79. The van der Waals surface area contributed by atoms with Crippen molar-refractivity contribution < 1.29 is 13.2 Å². The van der Waals surface area contributed by atoms with Crippen LogP contribution in [0.3, 0.4) is 0 Å². The number of hydrogen-bond acceptors (Lipinski definition) is 4. The maximum absolute atomic E-state index is 12.9. The zero-order valence-electron chi connectivity index (χ0n) is 12.6. The summed E-state index contributed by atoms with van der Waals surface area (Å²) in [6, 6.07) is 8.08. The molecule has 0 bridgehead atoms. The summed E-state index contributed by atoms with van der Waals surface area (Å²) in [4.78, 5) is 13.7. The molecule has 0 fully saturated rings. The molecule has 3 aromatic rings. The number of aromatic nitrogens is 4. The van der Waals surface area contributed by atoms with Gasteiger partial charge in [-0.1, -0.05) is 24.3 Å². The van der Waals surface area contributed by atoms with Gasteiger partial charge in [0.1, 0.15) is 11.8 Å². The minimum Gasteiger partial charge on any atom is -0.361 e. The van der Waals surface area contributed by atoms with E-state index in [2.05, 4.69) is 31.3 Å². The molecule has 2 N–H and O–H groups in total. The molecule has 1 unspecified atom stereocenters. The van der Waals surface area contributed by atoms with Gasteiger partial charge in [-0.3, -0.25) is 0 Å². The number of aromatic amines is 1. The first-order valence-electron chi connectivity index (χ1n) is 7.64. The van der Waals surface area contributed by atoms with Crippen LogP contribution in [0.2, 0.25) is 0 Å². The lowest BCUT2D eigenvalue weighted by atomic mass is 9.88. The lowest BCUT2D eigenvalue weighted by Gasteiger charge is -2.26. The molecule has 0 saturated heterocycles. The van der Waals surface area contributed by atoms with Crippen molar-refractivity contribution in [1.29, 1.82) is 0 Å². The molecule has 1 aliphatic carbocycles. The van der Waals surface area contributed by atoms with Crippen molar-refractivity contribution in [3.8, 4) is 0 Å². The van der Waals surface area contributed by atoms with Gasteiger partial charge in [-0.05, 0) is 30.4 Å². The standard InChI is InChI=1S/C16H14F3N5/c17-16(18,19)15-23-12-13(20-8-21-14(12)24-15)22-11-7-3-5-9-4-1-2-6-10(9)11/h1-2,4,6,8,11H,3,5,7H2,(H2,20,21,22,23,24). The van der Waals surface area contributed by atoms with Crippen LogP contribution >= 0.6 is 0 Å². The highest BCUT2D eigenvalue weighted by Gasteiger charge is 2.35. The van der Waals surface area contributed by atoms with Crippen molar-refractivity contribution in [2.75, 3.05) is 5.32 Å². The predicted molar refractivity (Wildman–Crippen MR) is 82.4 cm³/mol. The van der Waals surface area contributed by atoms with Gasteiger partial charge in [-0.25, -0.2) is 15.0 Å². The Hall–Kier alpha value is -2.64. The number of rotatable bonds is 2. The van der Waals surface area contributed by atoms with Gasteiger partial charge in [-0.2, -0.15) is 13.2 Å². The van der Waals surface area contributed by atoms with Crippen LogP contribution in [-0.2, 0) is 12.6 Å². The Balaban J connectivity index is 1.72. The molecule has 124 valence electrons. The third kappa shape index (κ3) is 2.57. The Morgan fingerprint density at radius 1 is 1.17 bits per heavy atom. The van der Waals surface area contributed by atoms with Gasteiger partial charge in [-0.15, -0.1) is 0 Å². The first-order valence-corrected chi connectivity index (χ1v) is 7.64. The fourth-order valence-electron chi connectivity index (χ4n) is 3.14. The third-order valence-corrected chi connectivity index (χ3v) is 4.24. The maximum atomic E-state index is 12.9. The van der Waals surface area contributed by atoms with E-state index in [0.717, 1.165) is 24.8 Å². The van der Waals surface area contributed by atoms with Crippen molar-refractivity contribution in [3.63, 3.8) is 0 Å². The molecule has 1 aromatic carbocycles. The molecular formula is C16H14F3N5. The molecule has 4 rings (SSSR count). The largest absolute Gasteiger partial charge is 0.449 e. The number of benzene rings is 1. The zero-order valence-corrected chi connectivity index (χ0v) is 12.6. The van der Waals surface area contributed by atoms with E-state index in [0.29, 0.717) is 5.82 Å². The monoisotopic (exact) mass is 333 g/mol. The highest BCUT2D eigenvalue weighted by atomic mass is 19.4. The highest BCUT2D eigenvalue weighted by molar-refractivity contribution is 5.82. The fourth-order valence-corrected chi connectivity index (χ4v) is 3.14. The Morgan fingerprint density at radius 2 is 2.00 bits per heavy atom. The van der Waals surface area contributed by atoms with Crippen LogP contribution in [0.4, 0.5) is 19.0 Å². The molecule has 5 nitrogen and oxygen atoms in total. The van der Waals surface area contributed by atoms with Crippen molar-refractivity contribution in [1.82, 2.24) is 19.9 Å². The summed E-state index contributed by atoms with van der Waals surface area (Å²) in [5.74, 6) is -0.727. The summed E-state index contributed by atoms with van der Waals surface area (Å²) >= 11 is 0. The van der Waals surface area contributed by atoms with Crippen LogP contribution in [0.1, 0.15) is 35.8 Å². The number of aryl methyl sites for hydroxylation is 1. The van der Waals surface area contributed by atoms with Gasteiger partial charge in [0.25, 0.3) is 0 Å². The molecule has 0 aliphatic heterocycles. The average molecular weight is 333 g/mol. The van der Waals surface area contributed by atoms with E-state index in [1.54, 1.807) is 0 Å². The summed E-state index contributed by atoms with van der Waals surface area (Å²) in [7, 11) is 0. The second-order valence-electron chi connectivity index (χ2n) is 5.79. The topological polar surface area (TPSA) is 66.5 Å². The summed E-state index contributed by atoms with van der Waals surface area (Å²) in [6.45, 7) is 0. The van der Waals surface area contributed by atoms with Gasteiger partial charge < -0.3 is 10.3 Å². The van der Waals surface area contributed by atoms with Crippen molar-refractivity contribution in [2.45, 2.75) is 31.5 Å². The van der Waals surface area contributed by atoms with E-state index in [-0.39, 0.29) is 17.2 Å².